The van der Waals surface area contributed by atoms with Crippen molar-refractivity contribution in [3.8, 4) is 0 Å². The van der Waals surface area contributed by atoms with E-state index in [-0.39, 0.29) is 57.3 Å². The van der Waals surface area contributed by atoms with Gasteiger partial charge in [-0.05, 0) is 57.8 Å². The smallest absolute Gasteiger partial charge is 0.434 e. The number of rotatable bonds is 16. The Morgan fingerprint density at radius 2 is 1.22 bits per heavy atom. The molecule has 2 saturated carbocycles. The molecule has 0 aromatic rings. The van der Waals surface area contributed by atoms with E-state index in [2.05, 4.69) is 4.76 Å². The molecule has 0 amide bonds. The number of carbonyl (C=O) groups is 2. The number of unbranched alkanes of at least 4 members (excludes halogenated alkanes) is 1. The Bertz CT molecular complexity index is 692. The third-order valence-electron chi connectivity index (χ3n) is 6.19. The first-order valence-corrected chi connectivity index (χ1v) is 15.3. The number of nitrogens with zero attached hydrogens (tertiary/aromatic N) is 1. The SMILES string of the molecule is CCCCC(N)=NP(=O)(OCCCOC(=O)OC1CCCCC1)OCCCOC(=O)OC1CCCCC1. The van der Waals surface area contributed by atoms with E-state index >= 15 is 0 Å². The molecule has 2 aliphatic rings. The van der Waals surface area contributed by atoms with Crippen LogP contribution in [0.3, 0.4) is 0 Å². The summed E-state index contributed by atoms with van der Waals surface area (Å²) in [5.74, 6) is 0.185. The van der Waals surface area contributed by atoms with E-state index in [0.29, 0.717) is 6.42 Å². The predicted octanol–water partition coefficient (Wildman–Crippen LogP) is 6.43. The van der Waals surface area contributed by atoms with Gasteiger partial charge in [-0.15, -0.1) is 0 Å². The summed E-state index contributed by atoms with van der Waals surface area (Å²) in [4.78, 5) is 23.7. The van der Waals surface area contributed by atoms with Gasteiger partial charge >= 0.3 is 20.1 Å². The quantitative estimate of drug-likeness (QED) is 0.0753. The van der Waals surface area contributed by atoms with Gasteiger partial charge in [-0.2, -0.15) is 4.76 Å². The largest absolute Gasteiger partial charge is 0.508 e. The minimum absolute atomic E-state index is 0.0112. The molecule has 2 rings (SSSR count). The zero-order valence-electron chi connectivity index (χ0n) is 22.2. The van der Waals surface area contributed by atoms with Crippen molar-refractivity contribution >= 4 is 25.9 Å². The van der Waals surface area contributed by atoms with Crippen molar-refractivity contribution < 1.29 is 42.1 Å². The number of hydrogen-bond acceptors (Lipinski definition) is 9. The molecule has 0 aromatic carbocycles. The molecule has 0 heterocycles. The second-order valence-electron chi connectivity index (χ2n) is 9.49. The summed E-state index contributed by atoms with van der Waals surface area (Å²) in [5, 5.41) is 0. The number of carbonyl (C=O) groups excluding carboxylic acids is 2. The van der Waals surface area contributed by atoms with Crippen LogP contribution in [0.25, 0.3) is 0 Å². The van der Waals surface area contributed by atoms with Crippen LogP contribution in [0.2, 0.25) is 0 Å². The van der Waals surface area contributed by atoms with Crippen LogP contribution in [-0.4, -0.2) is 56.8 Å². The van der Waals surface area contributed by atoms with E-state index in [4.69, 9.17) is 33.7 Å². The zero-order valence-corrected chi connectivity index (χ0v) is 23.1. The molecule has 0 atom stereocenters. The molecule has 0 unspecified atom stereocenters. The van der Waals surface area contributed by atoms with Gasteiger partial charge in [0.05, 0.1) is 26.4 Å². The Morgan fingerprint density at radius 1 is 0.757 bits per heavy atom. The van der Waals surface area contributed by atoms with Crippen molar-refractivity contribution in [2.75, 3.05) is 26.4 Å². The molecule has 2 N–H and O–H groups in total. The van der Waals surface area contributed by atoms with E-state index < -0.39 is 20.1 Å². The van der Waals surface area contributed by atoms with Crippen LogP contribution in [-0.2, 0) is 32.6 Å². The van der Waals surface area contributed by atoms with Gasteiger partial charge in [-0.3, -0.25) is 9.05 Å². The van der Waals surface area contributed by atoms with E-state index in [1.54, 1.807) is 0 Å². The summed E-state index contributed by atoms with van der Waals surface area (Å²) >= 11 is 0. The van der Waals surface area contributed by atoms with Crippen LogP contribution in [0.1, 0.15) is 103 Å². The average Bonchev–Trinajstić information content (AvgIpc) is 2.88. The van der Waals surface area contributed by atoms with Crippen molar-refractivity contribution in [2.24, 2.45) is 10.5 Å². The summed E-state index contributed by atoms with van der Waals surface area (Å²) < 4.78 is 48.8. The number of ether oxygens (including phenoxy) is 4. The summed E-state index contributed by atoms with van der Waals surface area (Å²) in [7, 11) is -3.88. The second kappa shape index (κ2) is 18.4. The van der Waals surface area contributed by atoms with Crippen LogP contribution < -0.4 is 5.73 Å². The maximum Gasteiger partial charge on any atom is 0.508 e. The molecule has 37 heavy (non-hydrogen) atoms. The fourth-order valence-corrected chi connectivity index (χ4v) is 5.48. The van der Waals surface area contributed by atoms with Crippen molar-refractivity contribution in [2.45, 2.75) is 115 Å². The Labute approximate surface area is 220 Å². The first kappa shape index (κ1) is 31.4. The molecule has 0 radical (unpaired) electrons. The summed E-state index contributed by atoms with van der Waals surface area (Å²) in [6.45, 7) is 2.10. The molecule has 11 nitrogen and oxygen atoms in total. The van der Waals surface area contributed by atoms with Crippen molar-refractivity contribution in [3.05, 3.63) is 0 Å². The zero-order chi connectivity index (χ0) is 26.8. The normalized spacial score (nSPS) is 17.8. The van der Waals surface area contributed by atoms with Gasteiger partial charge in [0, 0.05) is 19.3 Å². The van der Waals surface area contributed by atoms with Gasteiger partial charge in [0.15, 0.2) is 0 Å². The third kappa shape index (κ3) is 14.6. The molecule has 0 spiro atoms. The van der Waals surface area contributed by atoms with Crippen LogP contribution in [0, 0.1) is 0 Å². The lowest BCUT2D eigenvalue weighted by Crippen LogP contribution is -2.22. The monoisotopic (exact) mass is 548 g/mol. The summed E-state index contributed by atoms with van der Waals surface area (Å²) in [6.07, 6.45) is 11.2. The standard InChI is InChI=1S/C25H45N2O9P/c1-2-3-16-23(26)27-37(30,33-19-10-17-31-24(28)35-21-12-6-4-7-13-21)34-20-11-18-32-25(29)36-22-14-8-5-9-15-22/h21-22H,2-20H2,1H3,(H2,26,27,30). The Hall–Kier alpha value is -1.84. The van der Waals surface area contributed by atoms with E-state index in [1.807, 2.05) is 6.92 Å². The highest BCUT2D eigenvalue weighted by Crippen LogP contribution is 2.50. The molecule has 2 aliphatic carbocycles. The molecule has 0 aliphatic heterocycles. The van der Waals surface area contributed by atoms with E-state index in [1.165, 1.54) is 12.8 Å². The second-order valence-corrected chi connectivity index (χ2v) is 11.1. The highest BCUT2D eigenvalue weighted by atomic mass is 31.2. The van der Waals surface area contributed by atoms with Crippen molar-refractivity contribution in [1.29, 1.82) is 0 Å². The van der Waals surface area contributed by atoms with E-state index in [9.17, 15) is 14.2 Å². The molecule has 0 saturated heterocycles. The lowest BCUT2D eigenvalue weighted by molar-refractivity contribution is 0.00925. The van der Waals surface area contributed by atoms with Gasteiger partial charge in [0.2, 0.25) is 0 Å². The minimum atomic E-state index is -3.88. The van der Waals surface area contributed by atoms with Crippen LogP contribution >= 0.6 is 7.75 Å². The van der Waals surface area contributed by atoms with Gasteiger partial charge < -0.3 is 24.7 Å². The molecular formula is C25H45N2O9P. The van der Waals surface area contributed by atoms with Crippen molar-refractivity contribution in [1.82, 2.24) is 0 Å². The first-order chi connectivity index (χ1) is 17.9. The van der Waals surface area contributed by atoms with Gasteiger partial charge in [-0.1, -0.05) is 26.2 Å². The Morgan fingerprint density at radius 3 is 1.65 bits per heavy atom. The van der Waals surface area contributed by atoms with Gasteiger partial charge in [0.1, 0.15) is 18.0 Å². The molecule has 0 bridgehead atoms. The topological polar surface area (TPSA) is 145 Å². The van der Waals surface area contributed by atoms with Crippen molar-refractivity contribution in [3.63, 3.8) is 0 Å². The molecule has 2 fully saturated rings. The van der Waals surface area contributed by atoms with E-state index in [0.717, 1.165) is 64.2 Å². The Balaban J connectivity index is 1.68. The minimum Gasteiger partial charge on any atom is -0.434 e. The Kier molecular flexibility index (Phi) is 15.6. The highest BCUT2D eigenvalue weighted by molar-refractivity contribution is 7.52. The fourth-order valence-electron chi connectivity index (χ4n) is 4.16. The van der Waals surface area contributed by atoms with Crippen LogP contribution in [0.4, 0.5) is 9.59 Å². The maximum atomic E-state index is 13.1. The number of nitrogens with two attached hydrogens (primary N) is 1. The molecule has 214 valence electrons. The van der Waals surface area contributed by atoms with Gasteiger partial charge in [0.25, 0.3) is 0 Å². The molecule has 0 aromatic heterocycles. The predicted molar refractivity (Wildman–Crippen MR) is 139 cm³/mol. The van der Waals surface area contributed by atoms with Gasteiger partial charge in [-0.25, -0.2) is 14.2 Å². The number of amidine groups is 1. The third-order valence-corrected chi connectivity index (χ3v) is 7.71. The lowest BCUT2D eigenvalue weighted by Gasteiger charge is -2.21. The number of hydrogen-bond donors (Lipinski definition) is 1. The maximum absolute atomic E-state index is 13.1. The first-order valence-electron chi connectivity index (χ1n) is 13.8. The molecular weight excluding hydrogens is 503 g/mol. The lowest BCUT2D eigenvalue weighted by atomic mass is 9.98. The summed E-state index contributed by atoms with van der Waals surface area (Å²) in [6, 6.07) is 0. The average molecular weight is 549 g/mol. The highest BCUT2D eigenvalue weighted by Gasteiger charge is 2.25. The fraction of sp³-hybridized carbons (Fsp3) is 0.880. The van der Waals surface area contributed by atoms with Crippen LogP contribution in [0.5, 0.6) is 0 Å². The van der Waals surface area contributed by atoms with Crippen LogP contribution in [0.15, 0.2) is 4.76 Å². The summed E-state index contributed by atoms with van der Waals surface area (Å²) in [5.41, 5.74) is 5.91. The molecule has 12 heteroatoms.